The van der Waals surface area contributed by atoms with Gasteiger partial charge in [-0.3, -0.25) is 9.59 Å². The summed E-state index contributed by atoms with van der Waals surface area (Å²) in [6.07, 6.45) is 7.24. The highest BCUT2D eigenvalue weighted by Gasteiger charge is 2.74. The number of fused-ring (bicyclic) bond motifs is 3. The van der Waals surface area contributed by atoms with Gasteiger partial charge in [-0.05, 0) is 90.7 Å². The molecule has 2 unspecified atom stereocenters. The first-order chi connectivity index (χ1) is 21.8. The number of aromatic nitrogens is 4. The Kier molecular flexibility index (Phi) is 8.25. The van der Waals surface area contributed by atoms with Gasteiger partial charge in [0.15, 0.2) is 12.1 Å². The summed E-state index contributed by atoms with van der Waals surface area (Å²) < 4.78 is 13.5. The summed E-state index contributed by atoms with van der Waals surface area (Å²) >= 11 is 0. The average molecular weight is 654 g/mol. The SMILES string of the molecule is CC(C)[C@@H](C)[C@@]1(C)CC[C@]2(C)[C@H]3CC[C@H]4C5(C)COC[C@@]4(C[C@@H](n4ncnn4)[C@@H]5OCC(C)(N)C(C)C)C3=CC(=O)[C@@]2(C)[C@@H]1C(=O)O. The number of ether oxygens (including phenoxy) is 2. The van der Waals surface area contributed by atoms with E-state index in [-0.39, 0.29) is 47.0 Å². The van der Waals surface area contributed by atoms with E-state index in [0.29, 0.717) is 32.2 Å². The van der Waals surface area contributed by atoms with Crippen LogP contribution in [0.3, 0.4) is 0 Å². The van der Waals surface area contributed by atoms with Crippen molar-refractivity contribution in [2.45, 2.75) is 119 Å². The molecule has 2 heterocycles. The van der Waals surface area contributed by atoms with Gasteiger partial charge in [0, 0.05) is 21.8 Å². The van der Waals surface area contributed by atoms with Crippen LogP contribution in [0.5, 0.6) is 0 Å². The van der Waals surface area contributed by atoms with Crippen LogP contribution < -0.4 is 5.73 Å². The lowest BCUT2D eigenvalue weighted by molar-refractivity contribution is -0.252. The number of ketones is 1. The normalized spacial score (nSPS) is 45.0. The molecule has 0 aromatic carbocycles. The highest BCUT2D eigenvalue weighted by atomic mass is 16.5. The van der Waals surface area contributed by atoms with Crippen molar-refractivity contribution in [1.82, 2.24) is 20.2 Å². The quantitative estimate of drug-likeness (QED) is 0.359. The summed E-state index contributed by atoms with van der Waals surface area (Å²) in [7, 11) is 0. The van der Waals surface area contributed by atoms with E-state index in [1.54, 1.807) is 4.80 Å². The van der Waals surface area contributed by atoms with Crippen molar-refractivity contribution in [2.24, 2.45) is 68.3 Å². The lowest BCUT2D eigenvalue weighted by Gasteiger charge is -2.70. The maximum atomic E-state index is 14.9. The van der Waals surface area contributed by atoms with Crippen molar-refractivity contribution in [3.05, 3.63) is 18.0 Å². The Balaban J connectivity index is 1.47. The Hall–Kier alpha value is -2.17. The van der Waals surface area contributed by atoms with Crippen molar-refractivity contribution in [3.63, 3.8) is 0 Å². The van der Waals surface area contributed by atoms with E-state index >= 15 is 0 Å². The van der Waals surface area contributed by atoms with E-state index in [4.69, 9.17) is 15.2 Å². The number of allylic oxidation sites excluding steroid dienone is 1. The predicted molar refractivity (Wildman–Crippen MR) is 178 cm³/mol. The molecule has 4 fully saturated rings. The molecule has 1 aromatic heterocycles. The zero-order valence-electron chi connectivity index (χ0n) is 30.4. The molecule has 12 atom stereocenters. The van der Waals surface area contributed by atoms with Crippen LogP contribution >= 0.6 is 0 Å². The summed E-state index contributed by atoms with van der Waals surface area (Å²) in [4.78, 5) is 30.0. The molecule has 3 saturated carbocycles. The minimum atomic E-state index is -1.03. The van der Waals surface area contributed by atoms with Crippen LogP contribution in [0, 0.1) is 62.6 Å². The molecule has 262 valence electrons. The van der Waals surface area contributed by atoms with E-state index in [2.05, 4.69) is 70.8 Å². The molecule has 0 radical (unpaired) electrons. The van der Waals surface area contributed by atoms with Gasteiger partial charge in [-0.1, -0.05) is 67.9 Å². The molecule has 10 heteroatoms. The van der Waals surface area contributed by atoms with Gasteiger partial charge in [-0.2, -0.15) is 4.80 Å². The van der Waals surface area contributed by atoms with Gasteiger partial charge in [0.05, 0.1) is 31.8 Å². The number of carbonyl (C=O) groups excluding carboxylic acids is 1. The molecule has 2 bridgehead atoms. The molecule has 5 aliphatic rings. The van der Waals surface area contributed by atoms with Gasteiger partial charge in [0.1, 0.15) is 6.04 Å². The van der Waals surface area contributed by atoms with Crippen LogP contribution in [0.2, 0.25) is 0 Å². The standard InChI is InChI=1S/C37H59N5O5/c1-21(2)23(5)32(6)13-14-34(8)24-11-12-27-33(7)17-46-19-37(27,25(24)15-28(43)36(34,10)29(32)31(44)45)16-26(42-40-20-39-41-42)30(33)47-18-35(9,38)22(3)4/h15,20-24,26-27,29-30H,11-14,16-19,38H2,1-10H3,(H,44,45)/t23-,24+,26-,27+,29-,30+,32-,33?,34-,35?,36+,37+/m1/s1. The molecule has 1 aliphatic heterocycles. The number of hydrogen-bond acceptors (Lipinski definition) is 8. The molecular weight excluding hydrogens is 594 g/mol. The number of carboxylic acids is 1. The molecule has 4 aliphatic carbocycles. The highest BCUT2D eigenvalue weighted by Crippen LogP contribution is 2.74. The summed E-state index contributed by atoms with van der Waals surface area (Å²) in [5, 5.41) is 24.0. The topological polar surface area (TPSA) is 142 Å². The lowest BCUT2D eigenvalue weighted by atomic mass is 9.34. The first kappa shape index (κ1) is 34.7. The summed E-state index contributed by atoms with van der Waals surface area (Å²) in [6, 6.07) is -0.227. The Morgan fingerprint density at radius 2 is 1.85 bits per heavy atom. The molecular formula is C37H59N5O5. The Morgan fingerprint density at radius 3 is 2.45 bits per heavy atom. The van der Waals surface area contributed by atoms with Crippen LogP contribution in [-0.4, -0.2) is 68.5 Å². The molecule has 6 rings (SSSR count). The Morgan fingerprint density at radius 1 is 1.15 bits per heavy atom. The zero-order valence-corrected chi connectivity index (χ0v) is 30.4. The van der Waals surface area contributed by atoms with Crippen molar-refractivity contribution in [1.29, 1.82) is 0 Å². The Bertz CT molecular complexity index is 1430. The average Bonchev–Trinajstić information content (AvgIpc) is 3.52. The molecule has 3 N–H and O–H groups in total. The second-order valence-electron chi connectivity index (χ2n) is 18.2. The number of nitrogens with zero attached hydrogens (tertiary/aromatic N) is 4. The second kappa shape index (κ2) is 11.2. The molecule has 10 nitrogen and oxygen atoms in total. The van der Waals surface area contributed by atoms with Crippen LogP contribution in [-0.2, 0) is 19.1 Å². The van der Waals surface area contributed by atoms with Crippen molar-refractivity contribution >= 4 is 11.8 Å². The fourth-order valence-electron chi connectivity index (χ4n) is 11.7. The summed E-state index contributed by atoms with van der Waals surface area (Å²) in [5.74, 6) is -0.682. The molecule has 0 spiro atoms. The zero-order chi connectivity index (χ0) is 34.5. The molecule has 1 aromatic rings. The molecule has 47 heavy (non-hydrogen) atoms. The number of hydrogen-bond donors (Lipinski definition) is 2. The number of carboxylic acid groups (broad SMARTS) is 1. The molecule has 1 saturated heterocycles. The van der Waals surface area contributed by atoms with Gasteiger partial charge in [-0.15, -0.1) is 10.2 Å². The fraction of sp³-hybridized carbons (Fsp3) is 0.865. The van der Waals surface area contributed by atoms with Crippen LogP contribution in [0.25, 0.3) is 0 Å². The first-order valence-corrected chi connectivity index (χ1v) is 18.0. The maximum Gasteiger partial charge on any atom is 0.308 e. The lowest BCUT2D eigenvalue weighted by Crippen LogP contribution is -2.70. The highest BCUT2D eigenvalue weighted by molar-refractivity contribution is 6.00. The van der Waals surface area contributed by atoms with Gasteiger partial charge in [0.2, 0.25) is 0 Å². The van der Waals surface area contributed by atoms with Gasteiger partial charge >= 0.3 is 5.97 Å². The largest absolute Gasteiger partial charge is 0.481 e. The first-order valence-electron chi connectivity index (χ1n) is 18.0. The van der Waals surface area contributed by atoms with E-state index in [1.165, 1.54) is 6.33 Å². The fourth-order valence-corrected chi connectivity index (χ4v) is 11.7. The van der Waals surface area contributed by atoms with E-state index in [9.17, 15) is 14.7 Å². The third-order valence-corrected chi connectivity index (χ3v) is 15.5. The van der Waals surface area contributed by atoms with Gasteiger partial charge in [0.25, 0.3) is 0 Å². The van der Waals surface area contributed by atoms with Crippen LogP contribution in [0.1, 0.15) is 107 Å². The van der Waals surface area contributed by atoms with E-state index < -0.39 is 39.1 Å². The monoisotopic (exact) mass is 653 g/mol. The summed E-state index contributed by atoms with van der Waals surface area (Å²) in [6.45, 7) is 22.9. The predicted octanol–water partition coefficient (Wildman–Crippen LogP) is 5.74. The second-order valence-corrected chi connectivity index (χ2v) is 18.2. The van der Waals surface area contributed by atoms with E-state index in [0.717, 1.165) is 31.3 Å². The van der Waals surface area contributed by atoms with Crippen LogP contribution in [0.4, 0.5) is 0 Å². The number of nitrogens with two attached hydrogens (primary N) is 1. The summed E-state index contributed by atoms with van der Waals surface area (Å²) in [5.41, 5.74) is 4.52. The van der Waals surface area contributed by atoms with Crippen LogP contribution in [0.15, 0.2) is 18.0 Å². The van der Waals surface area contributed by atoms with Gasteiger partial charge in [-0.25, -0.2) is 0 Å². The maximum absolute atomic E-state index is 14.9. The smallest absolute Gasteiger partial charge is 0.308 e. The Labute approximate surface area is 281 Å². The van der Waals surface area contributed by atoms with Crippen molar-refractivity contribution in [2.75, 3.05) is 19.8 Å². The number of aliphatic carboxylic acids is 1. The third kappa shape index (κ3) is 4.62. The minimum Gasteiger partial charge on any atom is -0.481 e. The van der Waals surface area contributed by atoms with Gasteiger partial charge < -0.3 is 20.3 Å². The third-order valence-electron chi connectivity index (χ3n) is 15.5. The number of rotatable bonds is 8. The molecule has 0 amide bonds. The van der Waals surface area contributed by atoms with Crippen molar-refractivity contribution in [3.8, 4) is 0 Å². The van der Waals surface area contributed by atoms with Crippen molar-refractivity contribution < 1.29 is 24.2 Å². The number of carbonyl (C=O) groups is 2. The number of tetrazole rings is 1. The minimum absolute atomic E-state index is 0.0348. The van der Waals surface area contributed by atoms with E-state index in [1.807, 2.05) is 19.9 Å².